The van der Waals surface area contributed by atoms with E-state index >= 15 is 0 Å². The Morgan fingerprint density at radius 1 is 1.05 bits per heavy atom. The molecule has 0 aliphatic carbocycles. The normalized spacial score (nSPS) is 19.4. The molecule has 7 rings (SSSR count). The van der Waals surface area contributed by atoms with E-state index in [4.69, 9.17) is 0 Å². The Morgan fingerprint density at radius 3 is 2.81 bits per heavy atom. The summed E-state index contributed by atoms with van der Waals surface area (Å²) in [6.45, 7) is 1.81. The van der Waals surface area contributed by atoms with E-state index < -0.39 is 5.41 Å². The molecule has 2 N–H and O–H groups in total. The number of rotatable bonds is 4. The standard InChI is InChI=1S/C28H25N7O2/c36-18-33-12-9-28(10-13-33)22-15-21(4-6-25(22)31-27(28)37)24-7-8-26-34(30-17-35(26)32-24)16-19-3-5-23-20(14-19)2-1-11-29-23/h1-8,11,14-15,17-18,32H,9-10,12-13,16H2,(H,31,37). The predicted molar refractivity (Wildman–Crippen MR) is 140 cm³/mol. The van der Waals surface area contributed by atoms with Crippen LogP contribution in [0.25, 0.3) is 16.6 Å². The first-order valence-electron chi connectivity index (χ1n) is 12.4. The van der Waals surface area contributed by atoms with Crippen LogP contribution in [0.2, 0.25) is 0 Å². The summed E-state index contributed by atoms with van der Waals surface area (Å²) in [6, 6.07) is 16.4. The summed E-state index contributed by atoms with van der Waals surface area (Å²) in [7, 11) is 0. The molecule has 1 aromatic heterocycles. The van der Waals surface area contributed by atoms with E-state index in [1.807, 2.05) is 40.4 Å². The number of carbonyl (C=O) groups is 2. The van der Waals surface area contributed by atoms with Crippen LogP contribution in [0, 0.1) is 0 Å². The van der Waals surface area contributed by atoms with Gasteiger partial charge in [-0.3, -0.25) is 20.0 Å². The monoisotopic (exact) mass is 491 g/mol. The summed E-state index contributed by atoms with van der Waals surface area (Å²) < 4.78 is 0. The van der Waals surface area contributed by atoms with Gasteiger partial charge in [-0.25, -0.2) is 10.0 Å². The Balaban J connectivity index is 1.14. The van der Waals surface area contributed by atoms with Crippen LogP contribution in [-0.2, 0) is 21.5 Å². The van der Waals surface area contributed by atoms with Crippen LogP contribution in [0.3, 0.4) is 0 Å². The Morgan fingerprint density at radius 2 is 1.95 bits per heavy atom. The maximum absolute atomic E-state index is 13.0. The number of piperidine rings is 1. The summed E-state index contributed by atoms with van der Waals surface area (Å²) in [6.07, 6.45) is 9.80. The second kappa shape index (κ2) is 8.19. The number of nitrogens with one attached hydrogen (secondary N) is 2. The third-order valence-electron chi connectivity index (χ3n) is 7.79. The smallest absolute Gasteiger partial charge is 0.235 e. The molecule has 3 aromatic rings. The lowest BCUT2D eigenvalue weighted by molar-refractivity contribution is -0.126. The zero-order valence-corrected chi connectivity index (χ0v) is 20.1. The number of hydrogen-bond acceptors (Lipinski definition) is 7. The van der Waals surface area contributed by atoms with E-state index in [0.717, 1.165) is 51.2 Å². The Labute approximate surface area is 213 Å². The molecule has 1 saturated heterocycles. The van der Waals surface area contributed by atoms with E-state index in [9.17, 15) is 9.59 Å². The van der Waals surface area contributed by atoms with Gasteiger partial charge in [0.25, 0.3) is 0 Å². The van der Waals surface area contributed by atoms with Gasteiger partial charge in [0.15, 0.2) is 0 Å². The number of amides is 2. The van der Waals surface area contributed by atoms with E-state index in [0.29, 0.717) is 32.5 Å². The SMILES string of the molecule is O=CN1CCC2(CC1)C(=O)Nc1ccc(C3=CC=C4N(Cc5ccc6ncccc6c5)N=CN4N3)cc12. The number of hydrazone groups is 1. The van der Waals surface area contributed by atoms with Gasteiger partial charge in [0.1, 0.15) is 12.2 Å². The molecule has 2 aromatic carbocycles. The number of fused-ring (bicyclic) bond motifs is 4. The highest BCUT2D eigenvalue weighted by atomic mass is 16.2. The molecule has 0 bridgehead atoms. The van der Waals surface area contributed by atoms with Crippen LogP contribution in [0.15, 0.2) is 77.8 Å². The topological polar surface area (TPSA) is 93.2 Å². The molecule has 2 amide bonds. The van der Waals surface area contributed by atoms with Gasteiger partial charge in [-0.15, -0.1) is 0 Å². The molecule has 37 heavy (non-hydrogen) atoms. The molecule has 0 radical (unpaired) electrons. The number of carbonyl (C=O) groups excluding carboxylic acids is 2. The highest BCUT2D eigenvalue weighted by Crippen LogP contribution is 2.45. The lowest BCUT2D eigenvalue weighted by atomic mass is 9.73. The van der Waals surface area contributed by atoms with Crippen LogP contribution in [0.1, 0.15) is 29.5 Å². The summed E-state index contributed by atoms with van der Waals surface area (Å²) >= 11 is 0. The molecular weight excluding hydrogens is 466 g/mol. The minimum absolute atomic E-state index is 0.0322. The van der Waals surface area contributed by atoms with E-state index in [2.05, 4.69) is 51.2 Å². The maximum Gasteiger partial charge on any atom is 0.235 e. The molecule has 5 heterocycles. The number of hydrogen-bond donors (Lipinski definition) is 2. The third-order valence-corrected chi connectivity index (χ3v) is 7.79. The van der Waals surface area contributed by atoms with Crippen molar-refractivity contribution < 1.29 is 9.59 Å². The fourth-order valence-electron chi connectivity index (χ4n) is 5.70. The fraction of sp³-hybridized carbons (Fsp3) is 0.214. The molecule has 4 aliphatic heterocycles. The molecule has 0 saturated carbocycles. The molecule has 1 fully saturated rings. The minimum atomic E-state index is -0.581. The molecule has 1 spiro atoms. The summed E-state index contributed by atoms with van der Waals surface area (Å²) in [4.78, 5) is 30.3. The second-order valence-corrected chi connectivity index (χ2v) is 9.84. The summed E-state index contributed by atoms with van der Waals surface area (Å²) in [5.41, 5.74) is 8.80. The fourth-order valence-corrected chi connectivity index (χ4v) is 5.70. The van der Waals surface area contributed by atoms with Gasteiger partial charge in [0.05, 0.1) is 23.2 Å². The molecule has 0 atom stereocenters. The van der Waals surface area contributed by atoms with Crippen LogP contribution >= 0.6 is 0 Å². The van der Waals surface area contributed by atoms with Crippen molar-refractivity contribution in [1.82, 2.24) is 25.3 Å². The largest absolute Gasteiger partial charge is 0.345 e. The number of nitrogens with zero attached hydrogens (tertiary/aromatic N) is 5. The van der Waals surface area contributed by atoms with Crippen molar-refractivity contribution in [2.24, 2.45) is 5.10 Å². The number of hydrazine groups is 1. The van der Waals surface area contributed by atoms with Gasteiger partial charge in [0, 0.05) is 30.4 Å². The van der Waals surface area contributed by atoms with Gasteiger partial charge in [-0.1, -0.05) is 18.2 Å². The van der Waals surface area contributed by atoms with E-state index in [1.54, 1.807) is 17.4 Å². The molecule has 0 unspecified atom stereocenters. The lowest BCUT2D eigenvalue weighted by Crippen LogP contribution is -2.46. The first-order chi connectivity index (χ1) is 18.1. The summed E-state index contributed by atoms with van der Waals surface area (Å²) in [5, 5.41) is 12.6. The first kappa shape index (κ1) is 21.6. The van der Waals surface area contributed by atoms with Crippen molar-refractivity contribution in [3.63, 3.8) is 0 Å². The van der Waals surface area contributed by atoms with E-state index in [-0.39, 0.29) is 5.91 Å². The Hall–Kier alpha value is -4.66. The van der Waals surface area contributed by atoms with Crippen molar-refractivity contribution in [3.05, 3.63) is 89.4 Å². The van der Waals surface area contributed by atoms with Crippen molar-refractivity contribution in [2.75, 3.05) is 18.4 Å². The second-order valence-electron chi connectivity index (χ2n) is 9.84. The van der Waals surface area contributed by atoms with Gasteiger partial charge in [-0.05, 0) is 72.0 Å². The van der Waals surface area contributed by atoms with Crippen LogP contribution in [0.5, 0.6) is 0 Å². The number of aromatic nitrogens is 1. The number of likely N-dealkylation sites (tertiary alicyclic amines) is 1. The maximum atomic E-state index is 13.0. The summed E-state index contributed by atoms with van der Waals surface area (Å²) in [5.74, 6) is 0.968. The van der Waals surface area contributed by atoms with Crippen molar-refractivity contribution in [2.45, 2.75) is 24.8 Å². The zero-order valence-electron chi connectivity index (χ0n) is 20.1. The number of anilines is 1. The van der Waals surface area contributed by atoms with Crippen molar-refractivity contribution >= 4 is 40.9 Å². The molecule has 9 nitrogen and oxygen atoms in total. The highest BCUT2D eigenvalue weighted by Gasteiger charge is 2.48. The average molecular weight is 492 g/mol. The number of pyridine rings is 1. The van der Waals surface area contributed by atoms with E-state index in [1.165, 1.54) is 0 Å². The average Bonchev–Trinajstić information content (AvgIpc) is 3.46. The highest BCUT2D eigenvalue weighted by molar-refractivity contribution is 6.06. The first-order valence-corrected chi connectivity index (χ1v) is 12.4. The Kier molecular flexibility index (Phi) is 4.78. The number of allylic oxidation sites excluding steroid dienone is 2. The minimum Gasteiger partial charge on any atom is -0.345 e. The van der Waals surface area contributed by atoms with Crippen molar-refractivity contribution in [1.29, 1.82) is 0 Å². The molecular formula is C28H25N7O2. The molecule has 4 aliphatic rings. The van der Waals surface area contributed by atoms with Crippen LogP contribution in [0.4, 0.5) is 5.69 Å². The molecule has 9 heteroatoms. The molecule has 184 valence electrons. The van der Waals surface area contributed by atoms with Crippen LogP contribution in [-0.4, -0.2) is 51.6 Å². The van der Waals surface area contributed by atoms with Gasteiger partial charge >= 0.3 is 0 Å². The Bertz CT molecular complexity index is 1530. The van der Waals surface area contributed by atoms with Crippen molar-refractivity contribution in [3.8, 4) is 0 Å². The van der Waals surface area contributed by atoms with Gasteiger partial charge in [0.2, 0.25) is 12.3 Å². The quantitative estimate of drug-likeness (QED) is 0.545. The zero-order chi connectivity index (χ0) is 25.0. The third kappa shape index (κ3) is 3.46. The van der Waals surface area contributed by atoms with Gasteiger partial charge in [-0.2, -0.15) is 5.10 Å². The van der Waals surface area contributed by atoms with Crippen LogP contribution < -0.4 is 10.7 Å². The predicted octanol–water partition coefficient (Wildman–Crippen LogP) is 3.14. The van der Waals surface area contributed by atoms with Gasteiger partial charge < -0.3 is 10.2 Å². The number of benzene rings is 2. The lowest BCUT2D eigenvalue weighted by Gasteiger charge is -2.36.